The van der Waals surface area contributed by atoms with Gasteiger partial charge in [-0.15, -0.1) is 0 Å². The van der Waals surface area contributed by atoms with E-state index in [0.717, 1.165) is 18.4 Å². The summed E-state index contributed by atoms with van der Waals surface area (Å²) in [5.41, 5.74) is 0.653. The van der Waals surface area contributed by atoms with Gasteiger partial charge in [0.25, 0.3) is 0 Å². The van der Waals surface area contributed by atoms with E-state index in [2.05, 4.69) is 5.32 Å². The maximum atomic E-state index is 10.3. The predicted molar refractivity (Wildman–Crippen MR) is 48.4 cm³/mol. The van der Waals surface area contributed by atoms with E-state index in [9.17, 15) is 4.79 Å². The SMILES string of the molecule is CC(=CC(=O)O)CNC1(CO)CC1. The summed E-state index contributed by atoms with van der Waals surface area (Å²) in [5.74, 6) is -0.923. The number of carboxylic acid groups (broad SMARTS) is 1. The Labute approximate surface area is 77.3 Å². The van der Waals surface area contributed by atoms with Crippen LogP contribution in [0.5, 0.6) is 0 Å². The van der Waals surface area contributed by atoms with Crippen molar-refractivity contribution in [3.8, 4) is 0 Å². The van der Waals surface area contributed by atoms with Crippen LogP contribution in [0.15, 0.2) is 11.6 Å². The zero-order chi connectivity index (χ0) is 9.90. The molecule has 0 radical (unpaired) electrons. The minimum absolute atomic E-state index is 0.117. The van der Waals surface area contributed by atoms with Crippen LogP contribution in [0, 0.1) is 0 Å². The standard InChI is InChI=1S/C9H15NO3/c1-7(4-8(12)13)5-10-9(6-11)2-3-9/h4,10-11H,2-3,5-6H2,1H3,(H,12,13). The Morgan fingerprint density at radius 2 is 2.23 bits per heavy atom. The van der Waals surface area contributed by atoms with Crippen LogP contribution in [0.4, 0.5) is 0 Å². The molecule has 4 heteroatoms. The molecule has 0 aromatic rings. The van der Waals surface area contributed by atoms with E-state index >= 15 is 0 Å². The van der Waals surface area contributed by atoms with Gasteiger partial charge in [0, 0.05) is 18.2 Å². The van der Waals surface area contributed by atoms with Crippen LogP contribution >= 0.6 is 0 Å². The fraction of sp³-hybridized carbons (Fsp3) is 0.667. The summed E-state index contributed by atoms with van der Waals surface area (Å²) in [7, 11) is 0. The van der Waals surface area contributed by atoms with E-state index in [1.54, 1.807) is 6.92 Å². The molecule has 1 aliphatic carbocycles. The number of carboxylic acids is 1. The van der Waals surface area contributed by atoms with E-state index in [1.165, 1.54) is 6.08 Å². The van der Waals surface area contributed by atoms with Crippen molar-refractivity contribution >= 4 is 5.97 Å². The summed E-state index contributed by atoms with van der Waals surface area (Å²) < 4.78 is 0. The van der Waals surface area contributed by atoms with Crippen LogP contribution in [0.1, 0.15) is 19.8 Å². The quantitative estimate of drug-likeness (QED) is 0.532. The lowest BCUT2D eigenvalue weighted by Crippen LogP contribution is -2.35. The molecule has 4 nitrogen and oxygen atoms in total. The Morgan fingerprint density at radius 1 is 1.62 bits per heavy atom. The monoisotopic (exact) mass is 185 g/mol. The second-order valence-corrected chi connectivity index (χ2v) is 3.62. The summed E-state index contributed by atoms with van der Waals surface area (Å²) in [6, 6.07) is 0. The summed E-state index contributed by atoms with van der Waals surface area (Å²) in [4.78, 5) is 10.3. The normalized spacial score (nSPS) is 20.0. The van der Waals surface area contributed by atoms with Gasteiger partial charge in [-0.25, -0.2) is 4.79 Å². The molecule has 0 unspecified atom stereocenters. The summed E-state index contributed by atoms with van der Waals surface area (Å²) in [6.07, 6.45) is 3.13. The number of carbonyl (C=O) groups is 1. The van der Waals surface area contributed by atoms with Gasteiger partial charge in [0.15, 0.2) is 0 Å². The highest BCUT2D eigenvalue weighted by Gasteiger charge is 2.41. The van der Waals surface area contributed by atoms with E-state index in [-0.39, 0.29) is 12.1 Å². The summed E-state index contributed by atoms with van der Waals surface area (Å²) >= 11 is 0. The second kappa shape index (κ2) is 3.89. The minimum Gasteiger partial charge on any atom is -0.478 e. The number of hydrogen-bond acceptors (Lipinski definition) is 3. The zero-order valence-corrected chi connectivity index (χ0v) is 7.71. The lowest BCUT2D eigenvalue weighted by Gasteiger charge is -2.13. The molecule has 1 aliphatic rings. The van der Waals surface area contributed by atoms with Crippen molar-refractivity contribution in [3.63, 3.8) is 0 Å². The van der Waals surface area contributed by atoms with Crippen LogP contribution in [-0.4, -0.2) is 34.9 Å². The third kappa shape index (κ3) is 3.16. The van der Waals surface area contributed by atoms with Crippen molar-refractivity contribution in [2.75, 3.05) is 13.2 Å². The molecule has 13 heavy (non-hydrogen) atoms. The molecule has 0 amide bonds. The van der Waals surface area contributed by atoms with Crippen molar-refractivity contribution in [1.82, 2.24) is 5.32 Å². The molecule has 0 aromatic heterocycles. The largest absolute Gasteiger partial charge is 0.478 e. The highest BCUT2D eigenvalue weighted by Crippen LogP contribution is 2.34. The van der Waals surface area contributed by atoms with Gasteiger partial charge in [0.2, 0.25) is 0 Å². The first-order valence-electron chi connectivity index (χ1n) is 4.34. The van der Waals surface area contributed by atoms with Crippen LogP contribution < -0.4 is 5.32 Å². The van der Waals surface area contributed by atoms with Crippen molar-refractivity contribution < 1.29 is 15.0 Å². The molecule has 74 valence electrons. The van der Waals surface area contributed by atoms with Crippen molar-refractivity contribution in [2.45, 2.75) is 25.3 Å². The van der Waals surface area contributed by atoms with Gasteiger partial charge in [-0.2, -0.15) is 0 Å². The molecule has 1 rings (SSSR count). The van der Waals surface area contributed by atoms with E-state index in [1.807, 2.05) is 0 Å². The lowest BCUT2D eigenvalue weighted by molar-refractivity contribution is -0.131. The topological polar surface area (TPSA) is 69.6 Å². The molecule has 0 aliphatic heterocycles. The summed E-state index contributed by atoms with van der Waals surface area (Å²) in [5, 5.41) is 20.5. The summed E-state index contributed by atoms with van der Waals surface area (Å²) in [6.45, 7) is 2.43. The molecule has 0 bridgehead atoms. The van der Waals surface area contributed by atoms with Gasteiger partial charge in [-0.1, -0.05) is 5.57 Å². The Kier molecular flexibility index (Phi) is 3.06. The predicted octanol–water partition coefficient (Wildman–Crippen LogP) is 0.132. The molecule has 1 fully saturated rings. The third-order valence-electron chi connectivity index (χ3n) is 2.27. The number of aliphatic hydroxyl groups is 1. The molecular formula is C9H15NO3. The minimum atomic E-state index is -0.923. The molecule has 3 N–H and O–H groups in total. The van der Waals surface area contributed by atoms with Crippen LogP contribution in [0.25, 0.3) is 0 Å². The molecule has 1 saturated carbocycles. The van der Waals surface area contributed by atoms with Gasteiger partial charge < -0.3 is 15.5 Å². The number of aliphatic carboxylic acids is 1. The van der Waals surface area contributed by atoms with Crippen LogP contribution in [0.2, 0.25) is 0 Å². The maximum absolute atomic E-state index is 10.3. The Hall–Kier alpha value is -0.870. The molecule has 0 atom stereocenters. The highest BCUT2D eigenvalue weighted by atomic mass is 16.4. The first kappa shape index (κ1) is 10.2. The highest BCUT2D eigenvalue weighted by molar-refractivity contribution is 5.80. The Balaban J connectivity index is 2.30. The van der Waals surface area contributed by atoms with Crippen molar-refractivity contribution in [1.29, 1.82) is 0 Å². The first-order chi connectivity index (χ1) is 6.08. The average molecular weight is 185 g/mol. The number of aliphatic hydroxyl groups excluding tert-OH is 1. The average Bonchev–Trinajstić information content (AvgIpc) is 2.80. The molecule has 0 aromatic carbocycles. The van der Waals surface area contributed by atoms with Gasteiger partial charge in [-0.3, -0.25) is 0 Å². The van der Waals surface area contributed by atoms with E-state index < -0.39 is 5.97 Å². The van der Waals surface area contributed by atoms with Crippen molar-refractivity contribution in [2.24, 2.45) is 0 Å². The molecular weight excluding hydrogens is 170 g/mol. The van der Waals surface area contributed by atoms with Gasteiger partial charge >= 0.3 is 5.97 Å². The number of rotatable bonds is 5. The van der Waals surface area contributed by atoms with Crippen LogP contribution in [0.3, 0.4) is 0 Å². The third-order valence-corrected chi connectivity index (χ3v) is 2.27. The smallest absolute Gasteiger partial charge is 0.328 e. The first-order valence-corrected chi connectivity index (χ1v) is 4.34. The Morgan fingerprint density at radius 3 is 2.62 bits per heavy atom. The lowest BCUT2D eigenvalue weighted by atomic mass is 10.2. The maximum Gasteiger partial charge on any atom is 0.328 e. The van der Waals surface area contributed by atoms with Crippen LogP contribution in [-0.2, 0) is 4.79 Å². The molecule has 0 spiro atoms. The zero-order valence-electron chi connectivity index (χ0n) is 7.71. The van der Waals surface area contributed by atoms with Gasteiger partial charge in [0.1, 0.15) is 0 Å². The Bertz CT molecular complexity index is 231. The number of nitrogens with one attached hydrogen (secondary N) is 1. The second-order valence-electron chi connectivity index (χ2n) is 3.62. The van der Waals surface area contributed by atoms with E-state index in [0.29, 0.717) is 6.54 Å². The fourth-order valence-electron chi connectivity index (χ4n) is 1.13. The molecule has 0 saturated heterocycles. The fourth-order valence-corrected chi connectivity index (χ4v) is 1.13. The van der Waals surface area contributed by atoms with Gasteiger partial charge in [0.05, 0.1) is 6.61 Å². The van der Waals surface area contributed by atoms with Gasteiger partial charge in [-0.05, 0) is 19.8 Å². The molecule has 0 heterocycles. The number of hydrogen-bond donors (Lipinski definition) is 3. The van der Waals surface area contributed by atoms with Crippen molar-refractivity contribution in [3.05, 3.63) is 11.6 Å². The van der Waals surface area contributed by atoms with E-state index in [4.69, 9.17) is 10.2 Å².